The van der Waals surface area contributed by atoms with Crippen molar-refractivity contribution in [3.05, 3.63) is 66.0 Å². The first-order chi connectivity index (χ1) is 18.6. The Balaban J connectivity index is 1.21. The van der Waals surface area contributed by atoms with Crippen LogP contribution in [0.5, 0.6) is 5.75 Å². The van der Waals surface area contributed by atoms with Crippen molar-refractivity contribution in [3.63, 3.8) is 0 Å². The first-order valence-corrected chi connectivity index (χ1v) is 13.0. The minimum atomic E-state index is -0.993. The highest BCUT2D eigenvalue weighted by Gasteiger charge is 2.58. The van der Waals surface area contributed by atoms with Crippen LogP contribution in [0.25, 0.3) is 16.6 Å². The number of aromatic nitrogens is 4. The third-order valence-corrected chi connectivity index (χ3v) is 7.71. The minimum absolute atomic E-state index is 0.111. The summed E-state index contributed by atoms with van der Waals surface area (Å²) in [5, 5.41) is 27.4. The van der Waals surface area contributed by atoms with Gasteiger partial charge in [-0.05, 0) is 57.0 Å². The molecule has 6 rings (SSSR count). The SMILES string of the molecule is Cc1ccc(F)c(N[C@H]2[C@H](C)C3[C@H]2CN3c2ccc(-c3cc(OCC(C)(C)O)cn4ncc(C#N)c34)cn2)n1. The summed E-state index contributed by atoms with van der Waals surface area (Å²) < 4.78 is 21.7. The molecule has 1 aliphatic heterocycles. The maximum absolute atomic E-state index is 14.2. The number of piperidine rings is 1. The van der Waals surface area contributed by atoms with Crippen molar-refractivity contribution in [2.75, 3.05) is 23.4 Å². The Hall–Kier alpha value is -4.23. The van der Waals surface area contributed by atoms with Gasteiger partial charge in [0.05, 0.1) is 29.1 Å². The summed E-state index contributed by atoms with van der Waals surface area (Å²) in [6, 6.07) is 11.7. The lowest BCUT2D eigenvalue weighted by Gasteiger charge is -2.64. The molecule has 2 fully saturated rings. The standard InChI is InChI=1S/C29H30FN7O2/c1-16-5-7-23(30)28(34-16)35-25-17(2)26-22(25)14-36(26)24-8-6-18(11-32-24)21-9-20(39-15-29(3,4)38)13-37-27(21)19(10-31)12-33-37/h5-9,11-13,17,22,25-26,38H,14-15H2,1-4H3,(H,34,35)/t17-,22-,25-,26?/m0/s1. The second-order valence-electron chi connectivity index (χ2n) is 11.2. The summed E-state index contributed by atoms with van der Waals surface area (Å²) >= 11 is 0. The molecule has 0 spiro atoms. The van der Waals surface area contributed by atoms with Gasteiger partial charge in [0.25, 0.3) is 0 Å². The monoisotopic (exact) mass is 527 g/mol. The molecule has 4 aromatic heterocycles. The smallest absolute Gasteiger partial charge is 0.165 e. The number of hydrogen-bond acceptors (Lipinski definition) is 8. The van der Waals surface area contributed by atoms with Gasteiger partial charge in [-0.15, -0.1) is 0 Å². The minimum Gasteiger partial charge on any atom is -0.489 e. The van der Waals surface area contributed by atoms with Crippen LogP contribution in [0.4, 0.5) is 16.0 Å². The average Bonchev–Trinajstić information content (AvgIpc) is 3.31. The molecule has 0 aromatic carbocycles. The number of nitrogens with one attached hydrogen (secondary N) is 1. The van der Waals surface area contributed by atoms with Gasteiger partial charge in [-0.3, -0.25) is 0 Å². The van der Waals surface area contributed by atoms with Crippen LogP contribution < -0.4 is 15.0 Å². The number of anilines is 2. The molecule has 1 unspecified atom stereocenters. The summed E-state index contributed by atoms with van der Waals surface area (Å²) in [5.41, 5.74) is 2.51. The van der Waals surface area contributed by atoms with Crippen molar-refractivity contribution < 1.29 is 14.2 Å². The number of pyridine rings is 3. The normalized spacial score (nSPS) is 22.0. The van der Waals surface area contributed by atoms with Gasteiger partial charge in [0, 0.05) is 47.6 Å². The van der Waals surface area contributed by atoms with E-state index < -0.39 is 5.60 Å². The Morgan fingerprint density at radius 2 is 2.08 bits per heavy atom. The van der Waals surface area contributed by atoms with Crippen molar-refractivity contribution in [2.45, 2.75) is 45.4 Å². The Bertz CT molecular complexity index is 1580. The van der Waals surface area contributed by atoms with Crippen molar-refractivity contribution in [1.29, 1.82) is 5.26 Å². The molecule has 1 saturated heterocycles. The van der Waals surface area contributed by atoms with Crippen LogP contribution >= 0.6 is 0 Å². The van der Waals surface area contributed by atoms with E-state index in [0.717, 1.165) is 29.2 Å². The molecule has 0 amide bonds. The number of hydrogen-bond donors (Lipinski definition) is 2. The average molecular weight is 528 g/mol. The third-order valence-electron chi connectivity index (χ3n) is 7.71. The number of ether oxygens (including phenoxy) is 1. The summed E-state index contributed by atoms with van der Waals surface area (Å²) in [6.45, 7) is 8.33. The Kier molecular flexibility index (Phi) is 5.92. The van der Waals surface area contributed by atoms with Gasteiger partial charge < -0.3 is 20.1 Å². The van der Waals surface area contributed by atoms with Crippen LogP contribution in [-0.4, -0.2) is 55.5 Å². The Morgan fingerprint density at radius 1 is 1.26 bits per heavy atom. The van der Waals surface area contributed by atoms with Gasteiger partial charge in [0.2, 0.25) is 0 Å². The molecule has 1 saturated carbocycles. The molecular formula is C29H30FN7O2. The Labute approximate surface area is 225 Å². The highest BCUT2D eigenvalue weighted by atomic mass is 19.1. The molecule has 0 radical (unpaired) electrons. The number of halogens is 1. The molecule has 2 aliphatic rings. The zero-order valence-corrected chi connectivity index (χ0v) is 22.3. The number of rotatable bonds is 7. The summed E-state index contributed by atoms with van der Waals surface area (Å²) in [4.78, 5) is 11.4. The molecular weight excluding hydrogens is 497 g/mol. The predicted octanol–water partition coefficient (Wildman–Crippen LogP) is 4.20. The number of aliphatic hydroxyl groups is 1. The molecule has 1 aliphatic carbocycles. The maximum atomic E-state index is 14.2. The van der Waals surface area contributed by atoms with Crippen LogP contribution in [0.3, 0.4) is 0 Å². The van der Waals surface area contributed by atoms with E-state index in [1.54, 1.807) is 36.8 Å². The fraction of sp³-hybridized carbons (Fsp3) is 0.379. The van der Waals surface area contributed by atoms with Gasteiger partial charge >= 0.3 is 0 Å². The number of aryl methyl sites for hydroxylation is 1. The summed E-state index contributed by atoms with van der Waals surface area (Å²) in [7, 11) is 0. The second-order valence-corrected chi connectivity index (χ2v) is 11.2. The van der Waals surface area contributed by atoms with E-state index in [2.05, 4.69) is 33.3 Å². The van der Waals surface area contributed by atoms with E-state index in [1.165, 1.54) is 12.3 Å². The van der Waals surface area contributed by atoms with Crippen molar-refractivity contribution in [1.82, 2.24) is 19.6 Å². The van der Waals surface area contributed by atoms with E-state index in [-0.39, 0.29) is 18.5 Å². The lowest BCUT2D eigenvalue weighted by Crippen LogP contribution is -2.76. The van der Waals surface area contributed by atoms with E-state index in [1.807, 2.05) is 25.1 Å². The fourth-order valence-corrected chi connectivity index (χ4v) is 5.74. The van der Waals surface area contributed by atoms with Crippen molar-refractivity contribution in [2.24, 2.45) is 11.8 Å². The van der Waals surface area contributed by atoms with Gasteiger partial charge in [-0.2, -0.15) is 10.4 Å². The highest BCUT2D eigenvalue weighted by Crippen LogP contribution is 2.49. The van der Waals surface area contributed by atoms with Crippen LogP contribution in [0.1, 0.15) is 32.0 Å². The zero-order valence-electron chi connectivity index (χ0n) is 22.3. The predicted molar refractivity (Wildman–Crippen MR) is 145 cm³/mol. The maximum Gasteiger partial charge on any atom is 0.165 e. The molecule has 10 heteroatoms. The number of nitrogens with zero attached hydrogens (tertiary/aromatic N) is 6. The molecule has 0 bridgehead atoms. The van der Waals surface area contributed by atoms with Gasteiger partial charge in [0.15, 0.2) is 11.6 Å². The summed E-state index contributed by atoms with van der Waals surface area (Å²) in [5.74, 6) is 2.11. The molecule has 5 heterocycles. The Morgan fingerprint density at radius 3 is 2.77 bits per heavy atom. The molecule has 200 valence electrons. The summed E-state index contributed by atoms with van der Waals surface area (Å²) in [6.07, 6.45) is 5.03. The molecule has 39 heavy (non-hydrogen) atoms. The van der Waals surface area contributed by atoms with Crippen LogP contribution in [0.2, 0.25) is 0 Å². The van der Waals surface area contributed by atoms with Crippen LogP contribution in [-0.2, 0) is 0 Å². The molecule has 4 aromatic rings. The quantitative estimate of drug-likeness (QED) is 0.368. The third kappa shape index (κ3) is 4.42. The van der Waals surface area contributed by atoms with Crippen LogP contribution in [0.15, 0.2) is 48.9 Å². The molecule has 2 N–H and O–H groups in total. The highest BCUT2D eigenvalue weighted by molar-refractivity contribution is 5.85. The topological polar surface area (TPSA) is 112 Å². The van der Waals surface area contributed by atoms with Gasteiger partial charge in [-0.25, -0.2) is 18.9 Å². The molecule has 9 nitrogen and oxygen atoms in total. The van der Waals surface area contributed by atoms with Crippen molar-refractivity contribution in [3.8, 4) is 22.9 Å². The van der Waals surface area contributed by atoms with Gasteiger partial charge in [-0.1, -0.05) is 6.92 Å². The second kappa shape index (κ2) is 9.20. The first-order valence-electron chi connectivity index (χ1n) is 13.0. The lowest BCUT2D eigenvalue weighted by atomic mass is 9.59. The van der Waals surface area contributed by atoms with Gasteiger partial charge in [0.1, 0.15) is 24.2 Å². The van der Waals surface area contributed by atoms with E-state index in [4.69, 9.17) is 9.72 Å². The van der Waals surface area contributed by atoms with E-state index >= 15 is 0 Å². The number of nitriles is 1. The first kappa shape index (κ1) is 25.1. The zero-order chi connectivity index (χ0) is 27.5. The van der Waals surface area contributed by atoms with Crippen LogP contribution in [0, 0.1) is 35.9 Å². The van der Waals surface area contributed by atoms with E-state index in [9.17, 15) is 14.8 Å². The lowest BCUT2D eigenvalue weighted by molar-refractivity contribution is 0.0283. The number of fused-ring (bicyclic) bond motifs is 2. The fourth-order valence-electron chi connectivity index (χ4n) is 5.74. The van der Waals surface area contributed by atoms with Crippen molar-refractivity contribution >= 4 is 17.2 Å². The largest absolute Gasteiger partial charge is 0.489 e. The van der Waals surface area contributed by atoms with E-state index in [0.29, 0.717) is 40.5 Å². The molecule has 4 atom stereocenters.